The van der Waals surface area contributed by atoms with Crippen molar-refractivity contribution in [1.29, 1.82) is 0 Å². The third-order valence-corrected chi connectivity index (χ3v) is 3.95. The van der Waals surface area contributed by atoms with Crippen LogP contribution in [0.25, 0.3) is 0 Å². The predicted molar refractivity (Wildman–Crippen MR) is 82.4 cm³/mol. The summed E-state index contributed by atoms with van der Waals surface area (Å²) in [6.07, 6.45) is 4.59. The summed E-state index contributed by atoms with van der Waals surface area (Å²) < 4.78 is 11.4. The Morgan fingerprint density at radius 1 is 1.40 bits per heavy atom. The van der Waals surface area contributed by atoms with Crippen molar-refractivity contribution in [1.82, 2.24) is 5.32 Å². The van der Waals surface area contributed by atoms with Gasteiger partial charge in [0.05, 0.1) is 12.7 Å². The summed E-state index contributed by atoms with van der Waals surface area (Å²) in [5, 5.41) is 3.64. The van der Waals surface area contributed by atoms with Crippen molar-refractivity contribution in [3.8, 4) is 5.75 Å². The Morgan fingerprint density at radius 3 is 3.00 bits per heavy atom. The highest BCUT2D eigenvalue weighted by atomic mass is 16.5. The minimum absolute atomic E-state index is 0.240. The summed E-state index contributed by atoms with van der Waals surface area (Å²) in [4.78, 5) is 0. The molecule has 1 aromatic rings. The highest BCUT2D eigenvalue weighted by molar-refractivity contribution is 5.44. The lowest BCUT2D eigenvalue weighted by Crippen LogP contribution is -2.27. The highest BCUT2D eigenvalue weighted by Crippen LogP contribution is 2.34. The van der Waals surface area contributed by atoms with Gasteiger partial charge in [0.1, 0.15) is 5.75 Å². The normalized spacial score (nSPS) is 17.1. The predicted octanol–water partition coefficient (Wildman–Crippen LogP) is 3.48. The second-order valence-corrected chi connectivity index (χ2v) is 5.58. The van der Waals surface area contributed by atoms with E-state index in [1.165, 1.54) is 11.1 Å². The van der Waals surface area contributed by atoms with Gasteiger partial charge in [-0.25, -0.2) is 0 Å². The van der Waals surface area contributed by atoms with Crippen LogP contribution in [0.4, 0.5) is 0 Å². The van der Waals surface area contributed by atoms with Gasteiger partial charge in [-0.3, -0.25) is 0 Å². The van der Waals surface area contributed by atoms with Crippen molar-refractivity contribution >= 4 is 0 Å². The number of aryl methyl sites for hydroxylation is 1. The molecule has 1 aromatic carbocycles. The van der Waals surface area contributed by atoms with Crippen molar-refractivity contribution in [3.63, 3.8) is 0 Å². The molecule has 20 heavy (non-hydrogen) atoms. The number of fused-ring (bicyclic) bond motifs is 1. The molecule has 3 heteroatoms. The van der Waals surface area contributed by atoms with E-state index in [4.69, 9.17) is 9.47 Å². The first-order chi connectivity index (χ1) is 9.76. The molecule has 112 valence electrons. The summed E-state index contributed by atoms with van der Waals surface area (Å²) in [5.74, 6) is 1.11. The fourth-order valence-electron chi connectivity index (χ4n) is 2.76. The molecule has 0 aliphatic carbocycles. The number of benzene rings is 1. The van der Waals surface area contributed by atoms with Gasteiger partial charge < -0.3 is 14.8 Å². The molecule has 0 fully saturated rings. The molecule has 3 nitrogen and oxygen atoms in total. The van der Waals surface area contributed by atoms with E-state index in [-0.39, 0.29) is 6.10 Å². The number of methoxy groups -OCH3 is 1. The van der Waals surface area contributed by atoms with E-state index in [0.717, 1.165) is 44.6 Å². The van der Waals surface area contributed by atoms with Gasteiger partial charge in [0.25, 0.3) is 0 Å². The maximum Gasteiger partial charge on any atom is 0.127 e. The van der Waals surface area contributed by atoms with Crippen LogP contribution in [0, 0.1) is 0 Å². The topological polar surface area (TPSA) is 30.5 Å². The third-order valence-electron chi connectivity index (χ3n) is 3.95. The zero-order valence-electron chi connectivity index (χ0n) is 12.9. The molecule has 2 rings (SSSR count). The van der Waals surface area contributed by atoms with Crippen LogP contribution in [0.2, 0.25) is 0 Å². The van der Waals surface area contributed by atoms with Crippen molar-refractivity contribution in [2.45, 2.75) is 51.7 Å². The second kappa shape index (κ2) is 7.65. The summed E-state index contributed by atoms with van der Waals surface area (Å²) >= 11 is 0. The average Bonchev–Trinajstić information content (AvgIpc) is 2.50. The van der Waals surface area contributed by atoms with Crippen LogP contribution in [0.3, 0.4) is 0 Å². The van der Waals surface area contributed by atoms with Crippen LogP contribution in [0.15, 0.2) is 18.2 Å². The van der Waals surface area contributed by atoms with Gasteiger partial charge in [-0.1, -0.05) is 25.1 Å². The first kappa shape index (κ1) is 15.3. The molecule has 2 unspecified atom stereocenters. The maximum absolute atomic E-state index is 5.95. The van der Waals surface area contributed by atoms with E-state index >= 15 is 0 Å². The van der Waals surface area contributed by atoms with Crippen LogP contribution in [-0.4, -0.2) is 26.4 Å². The number of nitrogens with one attached hydrogen (secondary N) is 1. The molecule has 2 atom stereocenters. The first-order valence-corrected chi connectivity index (χ1v) is 7.77. The molecule has 0 spiro atoms. The minimum Gasteiger partial charge on any atom is -0.493 e. The lowest BCUT2D eigenvalue weighted by molar-refractivity contribution is 0.0998. The molecule has 0 saturated heterocycles. The van der Waals surface area contributed by atoms with E-state index in [0.29, 0.717) is 6.04 Å². The van der Waals surface area contributed by atoms with Gasteiger partial charge >= 0.3 is 0 Å². The summed E-state index contributed by atoms with van der Waals surface area (Å²) in [6, 6.07) is 6.84. The van der Waals surface area contributed by atoms with E-state index in [2.05, 4.69) is 37.4 Å². The zero-order valence-corrected chi connectivity index (χ0v) is 12.9. The standard InChI is InChI=1S/C17H27NO2/c1-4-10-18-16(12-13(2)19-3)15-9-5-7-14-8-6-11-20-17(14)15/h5,7,9,13,16,18H,4,6,8,10-12H2,1-3H3. The molecule has 1 N–H and O–H groups in total. The number of hydrogen-bond donors (Lipinski definition) is 1. The molecule has 0 saturated carbocycles. The SMILES string of the molecule is CCCNC(CC(C)OC)c1cccc2c1OCCC2. The molecule has 1 aliphatic heterocycles. The summed E-state index contributed by atoms with van der Waals surface area (Å²) in [6.45, 7) is 6.17. The van der Waals surface area contributed by atoms with Gasteiger partial charge in [-0.15, -0.1) is 0 Å². The van der Waals surface area contributed by atoms with Gasteiger partial charge in [0.15, 0.2) is 0 Å². The van der Waals surface area contributed by atoms with Gasteiger partial charge in [0, 0.05) is 18.7 Å². The Hall–Kier alpha value is -1.06. The molecular formula is C17H27NO2. The van der Waals surface area contributed by atoms with Crippen molar-refractivity contribution < 1.29 is 9.47 Å². The van der Waals surface area contributed by atoms with E-state index < -0.39 is 0 Å². The fraction of sp³-hybridized carbons (Fsp3) is 0.647. The van der Waals surface area contributed by atoms with Crippen LogP contribution in [-0.2, 0) is 11.2 Å². The monoisotopic (exact) mass is 277 g/mol. The molecule has 0 amide bonds. The number of para-hydroxylation sites is 1. The van der Waals surface area contributed by atoms with Crippen molar-refractivity contribution in [2.24, 2.45) is 0 Å². The molecule has 0 radical (unpaired) electrons. The van der Waals surface area contributed by atoms with Crippen molar-refractivity contribution in [3.05, 3.63) is 29.3 Å². The second-order valence-electron chi connectivity index (χ2n) is 5.58. The molecule has 1 aliphatic rings. The molecule has 1 heterocycles. The Kier molecular flexibility index (Phi) is 5.86. The zero-order chi connectivity index (χ0) is 14.4. The van der Waals surface area contributed by atoms with E-state index in [1.54, 1.807) is 7.11 Å². The minimum atomic E-state index is 0.240. The Morgan fingerprint density at radius 2 is 2.25 bits per heavy atom. The Bertz CT molecular complexity index is 419. The maximum atomic E-state index is 5.95. The smallest absolute Gasteiger partial charge is 0.127 e. The van der Waals surface area contributed by atoms with Crippen LogP contribution in [0.1, 0.15) is 50.3 Å². The third kappa shape index (κ3) is 3.74. The first-order valence-electron chi connectivity index (χ1n) is 7.77. The number of rotatable bonds is 7. The van der Waals surface area contributed by atoms with Gasteiger partial charge in [-0.05, 0) is 44.7 Å². The van der Waals surface area contributed by atoms with E-state index in [1.807, 2.05) is 0 Å². The van der Waals surface area contributed by atoms with Crippen molar-refractivity contribution in [2.75, 3.05) is 20.3 Å². The van der Waals surface area contributed by atoms with Crippen LogP contribution < -0.4 is 10.1 Å². The Labute approximate surface area is 122 Å². The lowest BCUT2D eigenvalue weighted by atomic mass is 9.95. The molecule has 0 bridgehead atoms. The molecule has 0 aromatic heterocycles. The summed E-state index contributed by atoms with van der Waals surface area (Å²) in [7, 11) is 1.78. The van der Waals surface area contributed by atoms with Gasteiger partial charge in [-0.2, -0.15) is 0 Å². The van der Waals surface area contributed by atoms with Crippen LogP contribution in [0.5, 0.6) is 5.75 Å². The van der Waals surface area contributed by atoms with Gasteiger partial charge in [0.2, 0.25) is 0 Å². The fourth-order valence-corrected chi connectivity index (χ4v) is 2.76. The average molecular weight is 277 g/mol. The van der Waals surface area contributed by atoms with Crippen LogP contribution >= 0.6 is 0 Å². The summed E-state index contributed by atoms with van der Waals surface area (Å²) in [5.41, 5.74) is 2.64. The Balaban J connectivity index is 2.22. The quantitative estimate of drug-likeness (QED) is 0.827. The number of ether oxygens (including phenoxy) is 2. The largest absolute Gasteiger partial charge is 0.493 e. The lowest BCUT2D eigenvalue weighted by Gasteiger charge is -2.27. The number of hydrogen-bond acceptors (Lipinski definition) is 3. The van der Waals surface area contributed by atoms with E-state index in [9.17, 15) is 0 Å². The molecular weight excluding hydrogens is 250 g/mol. The highest BCUT2D eigenvalue weighted by Gasteiger charge is 2.22.